The van der Waals surface area contributed by atoms with Gasteiger partial charge < -0.3 is 10.2 Å². The molecule has 4 heteroatoms. The van der Waals surface area contributed by atoms with Crippen molar-refractivity contribution in [2.24, 2.45) is 11.8 Å². The van der Waals surface area contributed by atoms with Crippen molar-refractivity contribution in [3.05, 3.63) is 70.8 Å². The van der Waals surface area contributed by atoms with Crippen LogP contribution in [-0.2, 0) is 16.0 Å². The molecule has 1 aliphatic rings. The van der Waals surface area contributed by atoms with Gasteiger partial charge in [0.2, 0.25) is 0 Å². The highest BCUT2D eigenvalue weighted by Gasteiger charge is 2.41. The number of carboxylic acids is 2. The Morgan fingerprint density at radius 2 is 1.39 bits per heavy atom. The van der Waals surface area contributed by atoms with Gasteiger partial charge in [-0.2, -0.15) is 0 Å². The van der Waals surface area contributed by atoms with E-state index in [1.165, 1.54) is 6.92 Å². The molecular formula is C19H18O4. The van der Waals surface area contributed by atoms with Crippen LogP contribution in [0.2, 0.25) is 0 Å². The predicted molar refractivity (Wildman–Crippen MR) is 85.5 cm³/mol. The lowest BCUT2D eigenvalue weighted by Crippen LogP contribution is -2.35. The highest BCUT2D eigenvalue weighted by molar-refractivity contribution is 5.81. The molecule has 23 heavy (non-hydrogen) atoms. The lowest BCUT2D eigenvalue weighted by molar-refractivity contribution is -0.153. The smallest absolute Gasteiger partial charge is 0.308 e. The Labute approximate surface area is 134 Å². The maximum atomic E-state index is 11.9. The van der Waals surface area contributed by atoms with E-state index in [0.29, 0.717) is 0 Å². The molecule has 1 aliphatic carbocycles. The molecule has 0 aromatic heterocycles. The van der Waals surface area contributed by atoms with Crippen molar-refractivity contribution in [2.45, 2.75) is 19.3 Å². The second-order valence-corrected chi connectivity index (χ2v) is 6.04. The number of fused-ring (bicyclic) bond motifs is 2. The summed E-state index contributed by atoms with van der Waals surface area (Å²) in [6, 6.07) is 15.4. The number of hydrogen-bond donors (Lipinski definition) is 2. The average molecular weight is 310 g/mol. The molecule has 2 aromatic rings. The van der Waals surface area contributed by atoms with Crippen molar-refractivity contribution in [1.82, 2.24) is 0 Å². The molecule has 0 heterocycles. The number of carboxylic acid groups (broad SMARTS) is 2. The van der Waals surface area contributed by atoms with Crippen molar-refractivity contribution in [1.29, 1.82) is 0 Å². The number of hydrogen-bond acceptors (Lipinski definition) is 2. The summed E-state index contributed by atoms with van der Waals surface area (Å²) in [5.41, 5.74) is 3.98. The molecule has 2 N–H and O–H groups in total. The number of carbonyl (C=O) groups is 2. The zero-order valence-corrected chi connectivity index (χ0v) is 12.8. The van der Waals surface area contributed by atoms with Gasteiger partial charge in [0.25, 0.3) is 0 Å². The molecular weight excluding hydrogens is 292 g/mol. The summed E-state index contributed by atoms with van der Waals surface area (Å²) in [5.74, 6) is -4.58. The first-order valence-corrected chi connectivity index (χ1v) is 7.62. The van der Waals surface area contributed by atoms with Crippen molar-refractivity contribution in [3.63, 3.8) is 0 Å². The molecule has 0 saturated heterocycles. The van der Waals surface area contributed by atoms with Gasteiger partial charge in [0.05, 0.1) is 11.8 Å². The first kappa shape index (κ1) is 15.3. The van der Waals surface area contributed by atoms with E-state index in [1.54, 1.807) is 0 Å². The first-order valence-electron chi connectivity index (χ1n) is 7.62. The predicted octanol–water partition coefficient (Wildman–Crippen LogP) is 3.14. The summed E-state index contributed by atoms with van der Waals surface area (Å²) < 4.78 is 0. The van der Waals surface area contributed by atoms with Gasteiger partial charge in [0.15, 0.2) is 0 Å². The van der Waals surface area contributed by atoms with Crippen LogP contribution in [0.1, 0.15) is 35.1 Å². The molecule has 0 radical (unpaired) electrons. The minimum Gasteiger partial charge on any atom is -0.481 e. The van der Waals surface area contributed by atoms with E-state index in [0.717, 1.165) is 28.7 Å². The van der Waals surface area contributed by atoms with Gasteiger partial charge in [-0.1, -0.05) is 55.5 Å². The van der Waals surface area contributed by atoms with E-state index in [2.05, 4.69) is 0 Å². The Kier molecular flexibility index (Phi) is 3.90. The third-order valence-corrected chi connectivity index (χ3v) is 4.73. The largest absolute Gasteiger partial charge is 0.481 e. The lowest BCUT2D eigenvalue weighted by atomic mass is 9.69. The van der Waals surface area contributed by atoms with E-state index in [1.807, 2.05) is 48.5 Å². The third kappa shape index (κ3) is 2.61. The Morgan fingerprint density at radius 3 is 1.83 bits per heavy atom. The Hall–Kier alpha value is -2.62. The second kappa shape index (κ2) is 5.88. The summed E-state index contributed by atoms with van der Waals surface area (Å²) >= 11 is 0. The monoisotopic (exact) mass is 310 g/mol. The zero-order valence-electron chi connectivity index (χ0n) is 12.8. The van der Waals surface area contributed by atoms with Crippen LogP contribution < -0.4 is 0 Å². The fraction of sp³-hybridized carbons (Fsp3) is 0.263. The van der Waals surface area contributed by atoms with Gasteiger partial charge in [-0.05, 0) is 28.7 Å². The van der Waals surface area contributed by atoms with E-state index in [-0.39, 0.29) is 0 Å². The Balaban J connectivity index is 2.20. The van der Waals surface area contributed by atoms with Gasteiger partial charge in [0.1, 0.15) is 0 Å². The minimum atomic E-state index is -1.09. The third-order valence-electron chi connectivity index (χ3n) is 4.73. The van der Waals surface area contributed by atoms with Crippen molar-refractivity contribution in [2.75, 3.05) is 0 Å². The van der Waals surface area contributed by atoms with Gasteiger partial charge in [-0.15, -0.1) is 0 Å². The van der Waals surface area contributed by atoms with Crippen LogP contribution in [0.15, 0.2) is 48.5 Å². The number of aliphatic carboxylic acids is 2. The van der Waals surface area contributed by atoms with Crippen LogP contribution in [0.4, 0.5) is 0 Å². The second-order valence-electron chi connectivity index (χ2n) is 6.04. The van der Waals surface area contributed by atoms with E-state index in [4.69, 9.17) is 0 Å². The van der Waals surface area contributed by atoms with Gasteiger partial charge >= 0.3 is 11.9 Å². The Morgan fingerprint density at radius 1 is 0.913 bits per heavy atom. The van der Waals surface area contributed by atoms with Crippen LogP contribution >= 0.6 is 0 Å². The number of benzene rings is 2. The van der Waals surface area contributed by atoms with Crippen LogP contribution in [0.3, 0.4) is 0 Å². The van der Waals surface area contributed by atoms with Gasteiger partial charge in [0, 0.05) is 5.92 Å². The van der Waals surface area contributed by atoms with Crippen LogP contribution in [-0.4, -0.2) is 22.2 Å². The summed E-state index contributed by atoms with van der Waals surface area (Å²) in [6.07, 6.45) is 0.747. The van der Waals surface area contributed by atoms with Crippen molar-refractivity contribution in [3.8, 4) is 0 Å². The Bertz CT molecular complexity index is 720. The molecule has 0 aliphatic heterocycles. The molecule has 2 atom stereocenters. The molecule has 0 amide bonds. The molecule has 3 rings (SSSR count). The molecule has 0 fully saturated rings. The molecule has 0 bridgehead atoms. The van der Waals surface area contributed by atoms with Crippen LogP contribution in [0.25, 0.3) is 0 Å². The fourth-order valence-electron chi connectivity index (χ4n) is 3.56. The van der Waals surface area contributed by atoms with E-state index < -0.39 is 29.7 Å². The van der Waals surface area contributed by atoms with Gasteiger partial charge in [-0.3, -0.25) is 9.59 Å². The summed E-state index contributed by atoms with van der Waals surface area (Å²) in [4.78, 5) is 23.3. The zero-order chi connectivity index (χ0) is 16.6. The molecule has 4 nitrogen and oxygen atoms in total. The molecule has 0 spiro atoms. The highest BCUT2D eigenvalue weighted by Crippen LogP contribution is 2.43. The van der Waals surface area contributed by atoms with Crippen molar-refractivity contribution >= 4 is 11.9 Å². The average Bonchev–Trinajstić information content (AvgIpc) is 2.53. The molecule has 2 aromatic carbocycles. The number of rotatable bonds is 4. The normalized spacial score (nSPS) is 16.0. The van der Waals surface area contributed by atoms with Crippen molar-refractivity contribution < 1.29 is 19.8 Å². The SMILES string of the molecule is CC(C(=O)O)C(C(=O)O)C1c2ccccc2Cc2ccccc21. The lowest BCUT2D eigenvalue weighted by Gasteiger charge is -2.34. The van der Waals surface area contributed by atoms with Crippen LogP contribution in [0.5, 0.6) is 0 Å². The van der Waals surface area contributed by atoms with Gasteiger partial charge in [-0.25, -0.2) is 0 Å². The summed E-state index contributed by atoms with van der Waals surface area (Å²) in [7, 11) is 0. The molecule has 0 saturated carbocycles. The van der Waals surface area contributed by atoms with E-state index in [9.17, 15) is 19.8 Å². The maximum Gasteiger partial charge on any atom is 0.308 e. The molecule has 2 unspecified atom stereocenters. The topological polar surface area (TPSA) is 74.6 Å². The molecule has 118 valence electrons. The highest BCUT2D eigenvalue weighted by atomic mass is 16.4. The first-order chi connectivity index (χ1) is 11.0. The standard InChI is InChI=1S/C19H18O4/c1-11(18(20)21)16(19(22)23)17-14-8-4-2-6-12(14)10-13-7-3-5-9-15(13)17/h2-9,11,16-17H,10H2,1H3,(H,20,21)(H,22,23). The maximum absolute atomic E-state index is 11.9. The quantitative estimate of drug-likeness (QED) is 0.909. The van der Waals surface area contributed by atoms with E-state index >= 15 is 0 Å². The van der Waals surface area contributed by atoms with Crippen LogP contribution in [0, 0.1) is 11.8 Å². The minimum absolute atomic E-state index is 0.445. The summed E-state index contributed by atoms with van der Waals surface area (Å²) in [6.45, 7) is 1.47. The summed E-state index contributed by atoms with van der Waals surface area (Å²) in [5, 5.41) is 19.1. The fourth-order valence-corrected chi connectivity index (χ4v) is 3.56.